The van der Waals surface area contributed by atoms with Crippen LogP contribution < -0.4 is 4.90 Å². The van der Waals surface area contributed by atoms with E-state index in [9.17, 15) is 10.2 Å². The van der Waals surface area contributed by atoms with Crippen molar-refractivity contribution in [2.75, 3.05) is 18.0 Å². The van der Waals surface area contributed by atoms with Crippen LogP contribution in [0.3, 0.4) is 0 Å². The minimum Gasteiger partial charge on any atom is -0.393 e. The molecule has 0 aromatic carbocycles. The van der Waals surface area contributed by atoms with E-state index < -0.39 is 0 Å². The molecule has 2 N–H and O–H groups in total. The molecule has 6 heteroatoms. The number of rotatable bonds is 2. The van der Waals surface area contributed by atoms with Crippen LogP contribution >= 0.6 is 11.6 Å². The van der Waals surface area contributed by atoms with Crippen molar-refractivity contribution >= 4 is 17.4 Å². The Labute approximate surface area is 105 Å². The fourth-order valence-corrected chi connectivity index (χ4v) is 2.30. The molecule has 2 rings (SSSR count). The number of hydrogen-bond acceptors (Lipinski definition) is 5. The Balaban J connectivity index is 2.25. The highest BCUT2D eigenvalue weighted by Gasteiger charge is 2.26. The molecule has 0 bridgehead atoms. The minimum atomic E-state index is -0.263. The molecule has 1 aliphatic heterocycles. The van der Waals surface area contributed by atoms with Crippen molar-refractivity contribution in [3.63, 3.8) is 0 Å². The van der Waals surface area contributed by atoms with Gasteiger partial charge in [0.25, 0.3) is 0 Å². The molecule has 94 valence electrons. The maximum absolute atomic E-state index is 9.69. The summed E-state index contributed by atoms with van der Waals surface area (Å²) in [5, 5.41) is 19.3. The summed E-state index contributed by atoms with van der Waals surface area (Å²) in [6.45, 7) is 3.24. The Morgan fingerprint density at radius 2 is 2.29 bits per heavy atom. The van der Waals surface area contributed by atoms with Gasteiger partial charge in [0.05, 0.1) is 18.3 Å². The van der Waals surface area contributed by atoms with Gasteiger partial charge in [-0.1, -0.05) is 18.5 Å². The molecule has 5 nitrogen and oxygen atoms in total. The molecular weight excluding hydrogens is 242 g/mol. The highest BCUT2D eigenvalue weighted by atomic mass is 35.5. The first-order valence-corrected chi connectivity index (χ1v) is 6.04. The monoisotopic (exact) mass is 257 g/mol. The lowest BCUT2D eigenvalue weighted by Gasteiger charge is -2.35. The SMILES string of the molecule is CC1CN(c2ncnc(Cl)c2CO)CCC1O. The zero-order valence-corrected chi connectivity index (χ0v) is 10.4. The summed E-state index contributed by atoms with van der Waals surface area (Å²) in [7, 11) is 0. The van der Waals surface area contributed by atoms with E-state index >= 15 is 0 Å². The third-order valence-electron chi connectivity index (χ3n) is 3.19. The second-order valence-electron chi connectivity index (χ2n) is 4.40. The molecule has 1 aromatic heterocycles. The zero-order chi connectivity index (χ0) is 12.4. The van der Waals surface area contributed by atoms with Crippen molar-refractivity contribution in [3.05, 3.63) is 17.0 Å². The summed E-state index contributed by atoms with van der Waals surface area (Å²) in [6.07, 6.45) is 1.83. The molecule has 0 spiro atoms. The van der Waals surface area contributed by atoms with Gasteiger partial charge in [0.1, 0.15) is 17.3 Å². The lowest BCUT2D eigenvalue weighted by molar-refractivity contribution is 0.0967. The Bertz CT molecular complexity index is 402. The first-order chi connectivity index (χ1) is 8.13. The van der Waals surface area contributed by atoms with Gasteiger partial charge in [-0.15, -0.1) is 0 Å². The number of aliphatic hydroxyl groups excluding tert-OH is 2. The fourth-order valence-electron chi connectivity index (χ4n) is 2.12. The van der Waals surface area contributed by atoms with E-state index in [0.717, 1.165) is 0 Å². The third kappa shape index (κ3) is 2.51. The average molecular weight is 258 g/mol. The van der Waals surface area contributed by atoms with Crippen LogP contribution in [0, 0.1) is 5.92 Å². The Morgan fingerprint density at radius 1 is 1.53 bits per heavy atom. The first kappa shape index (κ1) is 12.5. The predicted octanol–water partition coefficient (Wildman–Crippen LogP) is 0.829. The van der Waals surface area contributed by atoms with Crippen LogP contribution in [-0.4, -0.2) is 39.4 Å². The van der Waals surface area contributed by atoms with Gasteiger partial charge in [0, 0.05) is 13.1 Å². The molecule has 0 radical (unpaired) electrons. The number of halogens is 1. The molecule has 0 aliphatic carbocycles. The van der Waals surface area contributed by atoms with Gasteiger partial charge >= 0.3 is 0 Å². The molecule has 0 saturated carbocycles. The van der Waals surface area contributed by atoms with E-state index in [2.05, 4.69) is 9.97 Å². The molecule has 0 amide bonds. The number of hydrogen-bond donors (Lipinski definition) is 2. The maximum Gasteiger partial charge on any atom is 0.140 e. The molecular formula is C11H16ClN3O2. The van der Waals surface area contributed by atoms with E-state index in [-0.39, 0.29) is 23.8 Å². The van der Waals surface area contributed by atoms with Gasteiger partial charge in [-0.2, -0.15) is 0 Å². The molecule has 17 heavy (non-hydrogen) atoms. The molecule has 2 heterocycles. The van der Waals surface area contributed by atoms with E-state index in [4.69, 9.17) is 11.6 Å². The van der Waals surface area contributed by atoms with Crippen molar-refractivity contribution < 1.29 is 10.2 Å². The standard InChI is InChI=1S/C11H16ClN3O2/c1-7-4-15(3-2-9(7)17)11-8(5-16)10(12)13-6-14-11/h6-7,9,16-17H,2-5H2,1H3. The quantitative estimate of drug-likeness (QED) is 0.768. The Hall–Kier alpha value is -0.910. The fraction of sp³-hybridized carbons (Fsp3) is 0.636. The summed E-state index contributed by atoms with van der Waals surface area (Å²) in [4.78, 5) is 10.1. The summed E-state index contributed by atoms with van der Waals surface area (Å²) in [5.74, 6) is 0.857. The number of aromatic nitrogens is 2. The number of piperidine rings is 1. The van der Waals surface area contributed by atoms with Crippen molar-refractivity contribution in [1.29, 1.82) is 0 Å². The van der Waals surface area contributed by atoms with Crippen molar-refractivity contribution in [2.45, 2.75) is 26.1 Å². The molecule has 1 aliphatic rings. The third-order valence-corrected chi connectivity index (χ3v) is 3.51. The van der Waals surface area contributed by atoms with Crippen LogP contribution in [-0.2, 0) is 6.61 Å². The van der Waals surface area contributed by atoms with Gasteiger partial charge in [-0.3, -0.25) is 0 Å². The van der Waals surface area contributed by atoms with Crippen molar-refractivity contribution in [3.8, 4) is 0 Å². The van der Waals surface area contributed by atoms with E-state index in [0.29, 0.717) is 30.9 Å². The lowest BCUT2D eigenvalue weighted by Crippen LogP contribution is -2.42. The molecule has 2 atom stereocenters. The van der Waals surface area contributed by atoms with Crippen LogP contribution in [0.25, 0.3) is 0 Å². The second-order valence-corrected chi connectivity index (χ2v) is 4.76. The topological polar surface area (TPSA) is 69.5 Å². The van der Waals surface area contributed by atoms with Crippen molar-refractivity contribution in [2.24, 2.45) is 5.92 Å². The average Bonchev–Trinajstić information content (AvgIpc) is 2.32. The minimum absolute atomic E-state index is 0.178. The van der Waals surface area contributed by atoms with Crippen LogP contribution in [0.1, 0.15) is 18.9 Å². The van der Waals surface area contributed by atoms with Crippen LogP contribution in [0.5, 0.6) is 0 Å². The summed E-state index contributed by atoms with van der Waals surface area (Å²) < 4.78 is 0. The number of aliphatic hydroxyl groups is 2. The molecule has 2 unspecified atom stereocenters. The van der Waals surface area contributed by atoms with E-state index in [1.54, 1.807) is 0 Å². The molecule has 1 fully saturated rings. The van der Waals surface area contributed by atoms with Gasteiger partial charge in [-0.25, -0.2) is 9.97 Å². The highest BCUT2D eigenvalue weighted by molar-refractivity contribution is 6.30. The van der Waals surface area contributed by atoms with E-state index in [1.165, 1.54) is 6.33 Å². The molecule has 1 saturated heterocycles. The Kier molecular flexibility index (Phi) is 3.81. The van der Waals surface area contributed by atoms with Crippen LogP contribution in [0.2, 0.25) is 5.15 Å². The molecule has 1 aromatic rings. The van der Waals surface area contributed by atoms with Crippen LogP contribution in [0.4, 0.5) is 5.82 Å². The van der Waals surface area contributed by atoms with E-state index in [1.807, 2.05) is 11.8 Å². The Morgan fingerprint density at radius 3 is 2.94 bits per heavy atom. The highest BCUT2D eigenvalue weighted by Crippen LogP contribution is 2.27. The summed E-state index contributed by atoms with van der Waals surface area (Å²) in [5.41, 5.74) is 0.553. The van der Waals surface area contributed by atoms with Gasteiger partial charge in [0.15, 0.2) is 0 Å². The summed E-state index contributed by atoms with van der Waals surface area (Å²) in [6, 6.07) is 0. The van der Waals surface area contributed by atoms with Gasteiger partial charge < -0.3 is 15.1 Å². The predicted molar refractivity (Wildman–Crippen MR) is 65.0 cm³/mol. The number of nitrogens with zero attached hydrogens (tertiary/aromatic N) is 3. The zero-order valence-electron chi connectivity index (χ0n) is 9.67. The van der Waals surface area contributed by atoms with Gasteiger partial charge in [-0.05, 0) is 12.3 Å². The second kappa shape index (κ2) is 5.16. The normalized spacial score (nSPS) is 25.1. The maximum atomic E-state index is 9.69. The largest absolute Gasteiger partial charge is 0.393 e. The van der Waals surface area contributed by atoms with Crippen molar-refractivity contribution in [1.82, 2.24) is 9.97 Å². The first-order valence-electron chi connectivity index (χ1n) is 5.66. The number of anilines is 1. The lowest BCUT2D eigenvalue weighted by atomic mass is 9.96. The smallest absolute Gasteiger partial charge is 0.140 e. The summed E-state index contributed by atoms with van der Waals surface area (Å²) >= 11 is 5.93. The van der Waals surface area contributed by atoms with Crippen LogP contribution in [0.15, 0.2) is 6.33 Å². The van der Waals surface area contributed by atoms with Gasteiger partial charge in [0.2, 0.25) is 0 Å².